The van der Waals surface area contributed by atoms with Gasteiger partial charge in [-0.3, -0.25) is 9.78 Å². The lowest BCUT2D eigenvalue weighted by atomic mass is 9.94. The van der Waals surface area contributed by atoms with Crippen LogP contribution in [-0.2, 0) is 10.2 Å². The van der Waals surface area contributed by atoms with Gasteiger partial charge in [0, 0.05) is 42.9 Å². The van der Waals surface area contributed by atoms with Crippen LogP contribution in [0.4, 0.5) is 0 Å². The lowest BCUT2D eigenvalue weighted by Gasteiger charge is -2.24. The van der Waals surface area contributed by atoms with Crippen LogP contribution in [0.25, 0.3) is 11.4 Å². The van der Waals surface area contributed by atoms with Gasteiger partial charge in [-0.05, 0) is 43.9 Å². The molecule has 0 spiro atoms. The molecule has 5 rings (SSSR count). The Kier molecular flexibility index (Phi) is 4.04. The van der Waals surface area contributed by atoms with Crippen molar-refractivity contribution in [1.29, 1.82) is 0 Å². The summed E-state index contributed by atoms with van der Waals surface area (Å²) in [5.41, 5.74) is 3.08. The standard InChI is InChI=1S/C23H24N4O/c1-17-15-25-21(18-7-12-24-13-8-18)27(17)20-9-14-26(16-20)22(28)23(10-11-23)19-5-3-2-4-6-19/h2-8,12-13,15,20H,9-11,14,16H2,1H3. The van der Waals surface area contributed by atoms with Gasteiger partial charge in [0.2, 0.25) is 5.91 Å². The highest BCUT2D eigenvalue weighted by molar-refractivity contribution is 5.91. The van der Waals surface area contributed by atoms with E-state index in [1.165, 1.54) is 5.56 Å². The zero-order valence-electron chi connectivity index (χ0n) is 16.1. The van der Waals surface area contributed by atoms with Gasteiger partial charge in [0.1, 0.15) is 5.82 Å². The molecule has 3 heterocycles. The Morgan fingerprint density at radius 1 is 1.11 bits per heavy atom. The SMILES string of the molecule is Cc1cnc(-c2ccncc2)n1C1CCN(C(=O)C2(c3ccccc3)CC2)C1. The Morgan fingerprint density at radius 3 is 2.57 bits per heavy atom. The second-order valence-corrected chi connectivity index (χ2v) is 7.97. The van der Waals surface area contributed by atoms with Gasteiger partial charge in [-0.15, -0.1) is 0 Å². The maximum absolute atomic E-state index is 13.4. The van der Waals surface area contributed by atoms with Gasteiger partial charge in [-0.2, -0.15) is 0 Å². The third-order valence-electron chi connectivity index (χ3n) is 6.22. The van der Waals surface area contributed by atoms with E-state index in [0.29, 0.717) is 5.91 Å². The summed E-state index contributed by atoms with van der Waals surface area (Å²) < 4.78 is 2.30. The molecule has 1 atom stereocenters. The molecule has 0 radical (unpaired) electrons. The largest absolute Gasteiger partial charge is 0.340 e. The molecular weight excluding hydrogens is 348 g/mol. The molecule has 2 aromatic heterocycles. The number of hydrogen-bond donors (Lipinski definition) is 0. The number of nitrogens with zero attached hydrogens (tertiary/aromatic N) is 4. The molecule has 1 saturated carbocycles. The summed E-state index contributed by atoms with van der Waals surface area (Å²) in [5, 5.41) is 0. The molecule has 1 aliphatic carbocycles. The first-order chi connectivity index (χ1) is 13.7. The number of aromatic nitrogens is 3. The average molecular weight is 372 g/mol. The van der Waals surface area contributed by atoms with Crippen LogP contribution in [0.1, 0.15) is 36.6 Å². The molecule has 0 bridgehead atoms. The number of pyridine rings is 1. The predicted octanol–water partition coefficient (Wildman–Crippen LogP) is 3.76. The van der Waals surface area contributed by atoms with Crippen LogP contribution < -0.4 is 0 Å². The number of rotatable bonds is 4. The number of carbonyl (C=O) groups is 1. The van der Waals surface area contributed by atoms with Crippen molar-refractivity contribution in [2.45, 2.75) is 37.6 Å². The summed E-state index contributed by atoms with van der Waals surface area (Å²) in [4.78, 5) is 24.2. The van der Waals surface area contributed by atoms with Crippen molar-refractivity contribution < 1.29 is 4.79 Å². The molecule has 1 amide bonds. The number of amides is 1. The van der Waals surface area contributed by atoms with Crippen molar-refractivity contribution in [1.82, 2.24) is 19.4 Å². The minimum Gasteiger partial charge on any atom is -0.340 e. The van der Waals surface area contributed by atoms with E-state index in [9.17, 15) is 4.79 Å². The Labute approximate surface area is 165 Å². The van der Waals surface area contributed by atoms with Crippen LogP contribution >= 0.6 is 0 Å². The van der Waals surface area contributed by atoms with E-state index in [4.69, 9.17) is 0 Å². The van der Waals surface area contributed by atoms with Gasteiger partial charge in [-0.25, -0.2) is 4.98 Å². The van der Waals surface area contributed by atoms with Crippen molar-refractivity contribution in [2.24, 2.45) is 0 Å². The van der Waals surface area contributed by atoms with Crippen molar-refractivity contribution >= 4 is 5.91 Å². The topological polar surface area (TPSA) is 51.0 Å². The van der Waals surface area contributed by atoms with E-state index < -0.39 is 0 Å². The van der Waals surface area contributed by atoms with Crippen molar-refractivity contribution in [2.75, 3.05) is 13.1 Å². The molecule has 5 heteroatoms. The van der Waals surface area contributed by atoms with Crippen LogP contribution in [0, 0.1) is 6.92 Å². The van der Waals surface area contributed by atoms with E-state index in [1.54, 1.807) is 12.4 Å². The second kappa shape index (κ2) is 6.59. The molecule has 2 aliphatic rings. The Balaban J connectivity index is 1.39. The fourth-order valence-electron chi connectivity index (χ4n) is 4.57. The third-order valence-corrected chi connectivity index (χ3v) is 6.22. The number of likely N-dealkylation sites (tertiary alicyclic amines) is 1. The maximum Gasteiger partial charge on any atom is 0.233 e. The number of imidazole rings is 1. The third kappa shape index (κ3) is 2.73. The summed E-state index contributed by atoms with van der Waals surface area (Å²) in [6.45, 7) is 3.66. The quantitative estimate of drug-likeness (QED) is 0.701. The number of aryl methyl sites for hydroxylation is 1. The highest BCUT2D eigenvalue weighted by Crippen LogP contribution is 2.50. The number of carbonyl (C=O) groups excluding carboxylic acids is 1. The lowest BCUT2D eigenvalue weighted by molar-refractivity contribution is -0.133. The highest BCUT2D eigenvalue weighted by Gasteiger charge is 2.53. The van der Waals surface area contributed by atoms with E-state index in [2.05, 4.69) is 38.5 Å². The molecule has 0 N–H and O–H groups in total. The van der Waals surface area contributed by atoms with Crippen LogP contribution in [-0.4, -0.2) is 38.4 Å². The van der Waals surface area contributed by atoms with Crippen LogP contribution in [0.2, 0.25) is 0 Å². The fraction of sp³-hybridized carbons (Fsp3) is 0.348. The second-order valence-electron chi connectivity index (χ2n) is 7.97. The molecule has 1 saturated heterocycles. The minimum absolute atomic E-state index is 0.265. The normalized spacial score (nSPS) is 20.3. The first-order valence-corrected chi connectivity index (χ1v) is 9.98. The number of benzene rings is 1. The molecule has 2 fully saturated rings. The zero-order valence-corrected chi connectivity index (χ0v) is 16.1. The van der Waals surface area contributed by atoms with E-state index in [1.807, 2.05) is 36.5 Å². The molecule has 1 aromatic carbocycles. The average Bonchev–Trinajstić information content (AvgIpc) is 3.26. The van der Waals surface area contributed by atoms with Crippen molar-refractivity contribution in [3.05, 3.63) is 72.3 Å². The van der Waals surface area contributed by atoms with Crippen molar-refractivity contribution in [3.8, 4) is 11.4 Å². The van der Waals surface area contributed by atoms with Gasteiger partial charge in [0.05, 0.1) is 11.5 Å². The molecular formula is C23H24N4O. The van der Waals surface area contributed by atoms with Gasteiger partial charge in [0.15, 0.2) is 0 Å². The Hall–Kier alpha value is -2.95. The van der Waals surface area contributed by atoms with Gasteiger partial charge in [0.25, 0.3) is 0 Å². The fourth-order valence-corrected chi connectivity index (χ4v) is 4.57. The Morgan fingerprint density at radius 2 is 1.86 bits per heavy atom. The van der Waals surface area contributed by atoms with Gasteiger partial charge in [-0.1, -0.05) is 30.3 Å². The van der Waals surface area contributed by atoms with Crippen LogP contribution in [0.15, 0.2) is 61.1 Å². The summed E-state index contributed by atoms with van der Waals surface area (Å²) in [6, 6.07) is 14.5. The molecule has 28 heavy (non-hydrogen) atoms. The summed E-state index contributed by atoms with van der Waals surface area (Å²) >= 11 is 0. The molecule has 1 unspecified atom stereocenters. The summed E-state index contributed by atoms with van der Waals surface area (Å²) in [6.07, 6.45) is 8.40. The molecule has 5 nitrogen and oxygen atoms in total. The van der Waals surface area contributed by atoms with Crippen LogP contribution in [0.5, 0.6) is 0 Å². The van der Waals surface area contributed by atoms with Crippen LogP contribution in [0.3, 0.4) is 0 Å². The first-order valence-electron chi connectivity index (χ1n) is 9.98. The van der Waals surface area contributed by atoms with E-state index in [-0.39, 0.29) is 11.5 Å². The maximum atomic E-state index is 13.4. The smallest absolute Gasteiger partial charge is 0.233 e. The molecule has 3 aromatic rings. The van der Waals surface area contributed by atoms with E-state index in [0.717, 1.165) is 49.4 Å². The summed E-state index contributed by atoms with van der Waals surface area (Å²) in [5.74, 6) is 1.26. The first kappa shape index (κ1) is 17.2. The number of hydrogen-bond acceptors (Lipinski definition) is 3. The zero-order chi connectivity index (χ0) is 19.1. The van der Waals surface area contributed by atoms with Gasteiger partial charge >= 0.3 is 0 Å². The van der Waals surface area contributed by atoms with Crippen molar-refractivity contribution in [3.63, 3.8) is 0 Å². The highest BCUT2D eigenvalue weighted by atomic mass is 16.2. The summed E-state index contributed by atoms with van der Waals surface area (Å²) in [7, 11) is 0. The van der Waals surface area contributed by atoms with Gasteiger partial charge < -0.3 is 9.47 Å². The lowest BCUT2D eigenvalue weighted by Crippen LogP contribution is -2.38. The molecule has 1 aliphatic heterocycles. The van der Waals surface area contributed by atoms with E-state index >= 15 is 0 Å². The Bertz CT molecular complexity index is 992. The monoisotopic (exact) mass is 372 g/mol. The minimum atomic E-state index is -0.284. The molecule has 142 valence electrons. The predicted molar refractivity (Wildman–Crippen MR) is 108 cm³/mol.